The highest BCUT2D eigenvalue weighted by Crippen LogP contribution is 2.32. The maximum atomic E-state index is 8.35. The molecular weight excluding hydrogens is 388 g/mol. The van der Waals surface area contributed by atoms with E-state index in [9.17, 15) is 0 Å². The van der Waals surface area contributed by atoms with Crippen LogP contribution in [0.2, 0.25) is 0 Å². The van der Waals surface area contributed by atoms with Gasteiger partial charge in [0.15, 0.2) is 0 Å². The number of hydrogen-bond acceptors (Lipinski definition) is 4. The van der Waals surface area contributed by atoms with Gasteiger partial charge in [-0.25, -0.2) is 20.4 Å². The van der Waals surface area contributed by atoms with Gasteiger partial charge in [0.25, 0.3) is 0 Å². The van der Waals surface area contributed by atoms with Crippen molar-refractivity contribution in [3.8, 4) is 11.1 Å². The summed E-state index contributed by atoms with van der Waals surface area (Å²) in [6, 6.07) is 16.4. The van der Waals surface area contributed by atoms with Crippen molar-refractivity contribution in [2.75, 3.05) is 0 Å². The van der Waals surface area contributed by atoms with Crippen molar-refractivity contribution < 1.29 is 9.59 Å². The Kier molecular flexibility index (Phi) is 10.0. The minimum absolute atomic E-state index is 0.750. The lowest BCUT2D eigenvalue weighted by atomic mass is 10.1. The van der Waals surface area contributed by atoms with Gasteiger partial charge in [0.1, 0.15) is 0 Å². The van der Waals surface area contributed by atoms with Crippen molar-refractivity contribution in [2.45, 2.75) is 0 Å². The Balaban J connectivity index is 0.000000520. The van der Waals surface area contributed by atoms with Crippen molar-refractivity contribution in [1.82, 2.24) is 0 Å². The summed E-state index contributed by atoms with van der Waals surface area (Å²) in [5.74, 6) is 0. The van der Waals surface area contributed by atoms with Crippen molar-refractivity contribution in [3.05, 3.63) is 57.5 Å². The van der Waals surface area contributed by atoms with Gasteiger partial charge >= 0.3 is 0 Å². The van der Waals surface area contributed by atoms with Crippen molar-refractivity contribution in [3.63, 3.8) is 0 Å². The third-order valence-corrected chi connectivity index (χ3v) is 3.42. The molecule has 0 spiro atoms. The van der Waals surface area contributed by atoms with Crippen molar-refractivity contribution in [2.24, 2.45) is 0 Å². The largest absolute Gasteiger partial charge is 0.231 e. The van der Waals surface area contributed by atoms with E-state index in [4.69, 9.17) is 20.4 Å². The van der Waals surface area contributed by atoms with Gasteiger partial charge in [-0.3, -0.25) is 0 Å². The van der Waals surface area contributed by atoms with Gasteiger partial charge in [0.2, 0.25) is 12.2 Å². The van der Waals surface area contributed by atoms with Crippen LogP contribution < -0.4 is 0 Å². The molecule has 102 valence electrons. The molecule has 6 heteroatoms. The zero-order valence-corrected chi connectivity index (χ0v) is 13.4. The summed E-state index contributed by atoms with van der Waals surface area (Å²) in [7, 11) is 0. The minimum Gasteiger partial charge on any atom is -0.222 e. The van der Waals surface area contributed by atoms with Crippen LogP contribution in [0.25, 0.3) is 11.1 Å². The van der Waals surface area contributed by atoms with Crippen LogP contribution in [0.1, 0.15) is 0 Å². The number of hydrogen-bond donors (Lipinski definition) is 2. The predicted octanol–water partition coefficient (Wildman–Crippen LogP) is 4.68. The molecule has 2 rings (SSSR count). The van der Waals surface area contributed by atoms with E-state index in [2.05, 4.69) is 56.1 Å². The van der Waals surface area contributed by atoms with E-state index >= 15 is 0 Å². The molecule has 0 aliphatic carbocycles. The van der Waals surface area contributed by atoms with Gasteiger partial charge in [-0.2, -0.15) is 0 Å². The molecule has 0 saturated heterocycles. The highest BCUT2D eigenvalue weighted by atomic mass is 79.9. The number of nitrogens with one attached hydrogen (secondary N) is 2. The van der Waals surface area contributed by atoms with Gasteiger partial charge < -0.3 is 0 Å². The lowest BCUT2D eigenvalue weighted by molar-refractivity contribution is 0.562. The van der Waals surface area contributed by atoms with Crippen LogP contribution in [-0.2, 0) is 9.59 Å². The third kappa shape index (κ3) is 6.36. The summed E-state index contributed by atoms with van der Waals surface area (Å²) in [6.07, 6.45) is 1.50. The van der Waals surface area contributed by atoms with Crippen molar-refractivity contribution >= 4 is 44.0 Å². The van der Waals surface area contributed by atoms with E-state index in [-0.39, 0.29) is 0 Å². The number of rotatable bonds is 1. The summed E-state index contributed by atoms with van der Waals surface area (Å²) in [6.45, 7) is 0. The molecular formula is C14H10Br2N2O2. The van der Waals surface area contributed by atoms with E-state index in [1.165, 1.54) is 11.1 Å². The minimum atomic E-state index is 0.750. The first-order valence-corrected chi connectivity index (χ1v) is 6.78. The van der Waals surface area contributed by atoms with Crippen LogP contribution in [-0.4, -0.2) is 12.2 Å². The van der Waals surface area contributed by atoms with E-state index < -0.39 is 0 Å². The molecule has 0 saturated carbocycles. The quantitative estimate of drug-likeness (QED) is 0.540. The van der Waals surface area contributed by atoms with Crippen LogP contribution in [0.15, 0.2) is 57.5 Å². The monoisotopic (exact) mass is 396 g/mol. The second kappa shape index (κ2) is 11.0. The molecule has 2 aromatic carbocycles. The molecule has 0 atom stereocenters. The Morgan fingerprint density at radius 3 is 1.20 bits per heavy atom. The Morgan fingerprint density at radius 2 is 0.950 bits per heavy atom. The average Bonchev–Trinajstić information content (AvgIpc) is 2.42. The topological polar surface area (TPSA) is 81.8 Å². The number of isocyanates is 2. The molecule has 0 aliphatic heterocycles. The molecule has 2 aromatic rings. The van der Waals surface area contributed by atoms with Gasteiger partial charge in [-0.1, -0.05) is 68.3 Å². The standard InChI is InChI=1S/C12H8Br2.2CHNO/c13-11-7-3-1-5-9(11)10-6-2-4-8-12(10)14;2*2-1-3/h1-8H;2*2H. The molecule has 2 N–H and O–H groups in total. The van der Waals surface area contributed by atoms with E-state index in [0.717, 1.165) is 21.1 Å². The summed E-state index contributed by atoms with van der Waals surface area (Å²) < 4.78 is 2.24. The molecule has 20 heavy (non-hydrogen) atoms. The second-order valence-corrected chi connectivity index (χ2v) is 4.87. The summed E-state index contributed by atoms with van der Waals surface area (Å²) >= 11 is 7.09. The fourth-order valence-corrected chi connectivity index (χ4v) is 2.36. The first-order chi connectivity index (χ1) is 9.62. The Labute approximate surface area is 133 Å². The normalized spacial score (nSPS) is 7.90. The highest BCUT2D eigenvalue weighted by Gasteiger charge is 2.04. The van der Waals surface area contributed by atoms with Crippen LogP contribution in [0, 0.1) is 10.8 Å². The van der Waals surface area contributed by atoms with E-state index in [1.807, 2.05) is 24.3 Å². The van der Waals surface area contributed by atoms with Gasteiger partial charge in [-0.05, 0) is 23.3 Å². The van der Waals surface area contributed by atoms with Crippen molar-refractivity contribution in [1.29, 1.82) is 10.8 Å². The van der Waals surface area contributed by atoms with E-state index in [1.54, 1.807) is 0 Å². The van der Waals surface area contributed by atoms with Crippen LogP contribution in [0.4, 0.5) is 0 Å². The van der Waals surface area contributed by atoms with Crippen LogP contribution >= 0.6 is 31.9 Å². The summed E-state index contributed by atoms with van der Waals surface area (Å²) in [4.78, 5) is 16.7. The SMILES string of the molecule is Brc1ccccc1-c1ccccc1Br.N=C=O.N=C=O. The maximum absolute atomic E-state index is 8.35. The highest BCUT2D eigenvalue weighted by molar-refractivity contribution is 9.11. The molecule has 0 heterocycles. The molecule has 0 radical (unpaired) electrons. The number of carbonyl (C=O) groups excluding carboxylic acids is 2. The lowest BCUT2D eigenvalue weighted by Gasteiger charge is -2.06. The zero-order valence-electron chi connectivity index (χ0n) is 10.2. The van der Waals surface area contributed by atoms with Gasteiger partial charge in [0, 0.05) is 8.95 Å². The average molecular weight is 398 g/mol. The van der Waals surface area contributed by atoms with Crippen LogP contribution in [0.5, 0.6) is 0 Å². The Hall–Kier alpha value is -1.84. The summed E-state index contributed by atoms with van der Waals surface area (Å²) in [5, 5.41) is 10.8. The predicted molar refractivity (Wildman–Crippen MR) is 84.1 cm³/mol. The fraction of sp³-hybridized carbons (Fsp3) is 0. The smallest absolute Gasteiger partial charge is 0.222 e. The fourth-order valence-electron chi connectivity index (χ4n) is 1.36. The zero-order chi connectivity index (χ0) is 15.4. The number of benzene rings is 2. The Morgan fingerprint density at radius 1 is 0.700 bits per heavy atom. The second-order valence-electron chi connectivity index (χ2n) is 3.16. The molecule has 0 bridgehead atoms. The lowest BCUT2D eigenvalue weighted by Crippen LogP contribution is -1.80. The molecule has 0 aliphatic rings. The first kappa shape index (κ1) is 18.2. The third-order valence-electron chi connectivity index (χ3n) is 2.04. The van der Waals surface area contributed by atoms with Gasteiger partial charge in [0.05, 0.1) is 0 Å². The molecule has 0 aromatic heterocycles. The maximum Gasteiger partial charge on any atom is 0.231 e. The van der Waals surface area contributed by atoms with Gasteiger partial charge in [-0.15, -0.1) is 0 Å². The molecule has 0 amide bonds. The Bertz CT molecular complexity index is 563. The number of halogens is 2. The van der Waals surface area contributed by atoms with Crippen LogP contribution in [0.3, 0.4) is 0 Å². The molecule has 4 nitrogen and oxygen atoms in total. The molecule has 0 fully saturated rings. The van der Waals surface area contributed by atoms with E-state index in [0.29, 0.717) is 0 Å². The summed E-state index contributed by atoms with van der Waals surface area (Å²) in [5.41, 5.74) is 2.42. The first-order valence-electron chi connectivity index (χ1n) is 5.19. The molecule has 0 unspecified atom stereocenters.